The van der Waals surface area contributed by atoms with Crippen LogP contribution in [0.2, 0.25) is 5.28 Å². The molecule has 0 N–H and O–H groups in total. The van der Waals surface area contributed by atoms with Crippen molar-refractivity contribution >= 4 is 22.4 Å². The zero-order valence-electron chi connectivity index (χ0n) is 18.8. The number of halogens is 1. The first-order chi connectivity index (χ1) is 17.2. The van der Waals surface area contributed by atoms with Gasteiger partial charge in [0.15, 0.2) is 0 Å². The predicted molar refractivity (Wildman–Crippen MR) is 144 cm³/mol. The minimum absolute atomic E-state index is 0.225. The van der Waals surface area contributed by atoms with Gasteiger partial charge in [0.25, 0.3) is 0 Å². The van der Waals surface area contributed by atoms with Gasteiger partial charge in [0.1, 0.15) is 0 Å². The summed E-state index contributed by atoms with van der Waals surface area (Å²) in [6, 6.07) is 37.5. The number of fused-ring (bicyclic) bond motifs is 1. The summed E-state index contributed by atoms with van der Waals surface area (Å²) in [7, 11) is 0. The Morgan fingerprint density at radius 2 is 1.11 bits per heavy atom. The maximum atomic E-state index is 6.36. The maximum Gasteiger partial charge on any atom is 0.223 e. The van der Waals surface area contributed by atoms with Crippen molar-refractivity contribution in [1.29, 1.82) is 0 Å². The quantitative estimate of drug-likeness (QED) is 0.243. The molecule has 6 rings (SSSR count). The summed E-state index contributed by atoms with van der Waals surface area (Å²) in [6.07, 6.45) is 3.63. The van der Waals surface area contributed by atoms with Crippen LogP contribution in [0, 0.1) is 0 Å². The van der Waals surface area contributed by atoms with E-state index in [9.17, 15) is 0 Å². The van der Waals surface area contributed by atoms with Crippen molar-refractivity contribution in [3.63, 3.8) is 0 Å². The van der Waals surface area contributed by atoms with Gasteiger partial charge in [-0.15, -0.1) is 0 Å². The molecule has 0 bridgehead atoms. The van der Waals surface area contributed by atoms with E-state index in [1.165, 1.54) is 16.3 Å². The molecule has 0 unspecified atom stereocenters. The highest BCUT2D eigenvalue weighted by molar-refractivity contribution is 6.28. The highest BCUT2D eigenvalue weighted by Crippen LogP contribution is 2.30. The topological polar surface area (TPSA) is 38.7 Å². The molecule has 2 heterocycles. The van der Waals surface area contributed by atoms with Crippen molar-refractivity contribution in [3.8, 4) is 44.8 Å². The molecule has 0 aliphatic rings. The Morgan fingerprint density at radius 3 is 1.91 bits per heavy atom. The van der Waals surface area contributed by atoms with Gasteiger partial charge < -0.3 is 0 Å². The average molecular weight is 470 g/mol. The van der Waals surface area contributed by atoms with Crippen molar-refractivity contribution in [3.05, 3.63) is 127 Å². The van der Waals surface area contributed by atoms with Crippen LogP contribution in [0.1, 0.15) is 0 Å². The van der Waals surface area contributed by atoms with Gasteiger partial charge in [-0.3, -0.25) is 4.98 Å². The van der Waals surface area contributed by atoms with E-state index in [-0.39, 0.29) is 5.28 Å². The molecule has 0 amide bonds. The van der Waals surface area contributed by atoms with Gasteiger partial charge in [-0.1, -0.05) is 84.9 Å². The summed E-state index contributed by atoms with van der Waals surface area (Å²) in [5.41, 5.74) is 8.01. The molecule has 0 atom stereocenters. The Kier molecular flexibility index (Phi) is 5.53. The van der Waals surface area contributed by atoms with Crippen molar-refractivity contribution in [2.24, 2.45) is 0 Å². The Bertz CT molecular complexity index is 1640. The minimum Gasteiger partial charge on any atom is -0.264 e. The van der Waals surface area contributed by atoms with E-state index in [1.54, 1.807) is 6.20 Å². The molecule has 0 aliphatic heterocycles. The van der Waals surface area contributed by atoms with Crippen LogP contribution in [0.4, 0.5) is 0 Å². The van der Waals surface area contributed by atoms with E-state index in [2.05, 4.69) is 93.8 Å². The van der Waals surface area contributed by atoms with Crippen molar-refractivity contribution < 1.29 is 0 Å². The highest BCUT2D eigenvalue weighted by Gasteiger charge is 2.10. The fourth-order valence-electron chi connectivity index (χ4n) is 4.31. The zero-order valence-corrected chi connectivity index (χ0v) is 19.5. The molecule has 0 saturated carbocycles. The molecule has 6 aromatic rings. The summed E-state index contributed by atoms with van der Waals surface area (Å²) in [6.45, 7) is 0. The van der Waals surface area contributed by atoms with Crippen LogP contribution in [0.15, 0.2) is 122 Å². The van der Waals surface area contributed by atoms with Crippen LogP contribution in [0.3, 0.4) is 0 Å². The molecule has 4 aromatic carbocycles. The molecular formula is C31H20ClN3. The van der Waals surface area contributed by atoms with Gasteiger partial charge in [-0.25, -0.2) is 9.97 Å². The number of aromatic nitrogens is 3. The van der Waals surface area contributed by atoms with Crippen LogP contribution in [0.25, 0.3) is 55.5 Å². The fourth-order valence-corrected chi connectivity index (χ4v) is 4.49. The van der Waals surface area contributed by atoms with Crippen LogP contribution in [0.5, 0.6) is 0 Å². The Balaban J connectivity index is 1.34. The number of hydrogen-bond acceptors (Lipinski definition) is 3. The molecule has 0 aliphatic carbocycles. The molecule has 2 aromatic heterocycles. The smallest absolute Gasteiger partial charge is 0.223 e. The third kappa shape index (κ3) is 4.42. The Morgan fingerprint density at radius 1 is 0.457 bits per heavy atom. The summed E-state index contributed by atoms with van der Waals surface area (Å²) in [5.74, 6) is 0. The summed E-state index contributed by atoms with van der Waals surface area (Å²) < 4.78 is 0. The number of pyridine rings is 1. The lowest BCUT2D eigenvalue weighted by Crippen LogP contribution is -1.92. The Hall–Kier alpha value is -4.34. The molecule has 0 saturated heterocycles. The van der Waals surface area contributed by atoms with E-state index in [1.807, 2.05) is 36.5 Å². The summed E-state index contributed by atoms with van der Waals surface area (Å²) in [4.78, 5) is 13.2. The second kappa shape index (κ2) is 9.13. The molecule has 4 heteroatoms. The van der Waals surface area contributed by atoms with E-state index >= 15 is 0 Å². The molecule has 0 radical (unpaired) electrons. The number of nitrogens with zero attached hydrogens (tertiary/aromatic N) is 3. The van der Waals surface area contributed by atoms with Crippen LogP contribution < -0.4 is 0 Å². The Labute approximate surface area is 208 Å². The minimum atomic E-state index is 0.225. The van der Waals surface area contributed by atoms with Crippen LogP contribution in [-0.2, 0) is 0 Å². The average Bonchev–Trinajstić information content (AvgIpc) is 2.93. The predicted octanol–water partition coefficient (Wildman–Crippen LogP) is 8.35. The van der Waals surface area contributed by atoms with Crippen molar-refractivity contribution in [2.75, 3.05) is 0 Å². The number of hydrogen-bond donors (Lipinski definition) is 0. The standard InChI is InChI=1S/C31H20ClN3/c32-31-34-29(19-30(35-31)27-8-3-7-25(18-27)28-9-4-16-33-20-28)23-13-10-22(11-14-23)26-15-12-21-5-1-2-6-24(21)17-26/h1-20H. The largest absolute Gasteiger partial charge is 0.264 e. The monoisotopic (exact) mass is 469 g/mol. The highest BCUT2D eigenvalue weighted by atomic mass is 35.5. The van der Waals surface area contributed by atoms with Crippen molar-refractivity contribution in [2.45, 2.75) is 0 Å². The normalized spacial score (nSPS) is 11.0. The summed E-state index contributed by atoms with van der Waals surface area (Å²) >= 11 is 6.36. The van der Waals surface area contributed by atoms with Gasteiger partial charge in [0.2, 0.25) is 5.28 Å². The second-order valence-corrected chi connectivity index (χ2v) is 8.71. The van der Waals surface area contributed by atoms with Gasteiger partial charge in [0.05, 0.1) is 11.4 Å². The lowest BCUT2D eigenvalue weighted by molar-refractivity contribution is 1.18. The van der Waals surface area contributed by atoms with Gasteiger partial charge in [-0.2, -0.15) is 0 Å². The first kappa shape index (κ1) is 21.2. The number of rotatable bonds is 4. The van der Waals surface area contributed by atoms with Crippen molar-refractivity contribution in [1.82, 2.24) is 15.0 Å². The van der Waals surface area contributed by atoms with Gasteiger partial charge in [-0.05, 0) is 63.3 Å². The van der Waals surface area contributed by atoms with Gasteiger partial charge >= 0.3 is 0 Å². The molecule has 166 valence electrons. The third-order valence-corrected chi connectivity index (χ3v) is 6.28. The fraction of sp³-hybridized carbons (Fsp3) is 0. The lowest BCUT2D eigenvalue weighted by Gasteiger charge is -2.09. The molecule has 0 fully saturated rings. The van der Waals surface area contributed by atoms with E-state index in [0.717, 1.165) is 39.2 Å². The maximum absolute atomic E-state index is 6.36. The summed E-state index contributed by atoms with van der Waals surface area (Å²) in [5, 5.41) is 2.70. The zero-order chi connectivity index (χ0) is 23.6. The second-order valence-electron chi connectivity index (χ2n) is 8.37. The molecule has 3 nitrogen and oxygen atoms in total. The van der Waals surface area contributed by atoms with E-state index in [0.29, 0.717) is 0 Å². The first-order valence-electron chi connectivity index (χ1n) is 11.4. The van der Waals surface area contributed by atoms with Gasteiger partial charge in [0, 0.05) is 29.1 Å². The molecular weight excluding hydrogens is 450 g/mol. The molecule has 0 spiro atoms. The first-order valence-corrected chi connectivity index (χ1v) is 11.8. The molecule has 35 heavy (non-hydrogen) atoms. The van der Waals surface area contributed by atoms with Crippen LogP contribution in [-0.4, -0.2) is 15.0 Å². The number of benzene rings is 4. The van der Waals surface area contributed by atoms with E-state index < -0.39 is 0 Å². The SMILES string of the molecule is Clc1nc(-c2ccc(-c3ccc4ccccc4c3)cc2)cc(-c2cccc(-c3cccnc3)c2)n1. The van der Waals surface area contributed by atoms with E-state index in [4.69, 9.17) is 11.6 Å². The third-order valence-electron chi connectivity index (χ3n) is 6.12. The lowest BCUT2D eigenvalue weighted by atomic mass is 9.99. The van der Waals surface area contributed by atoms with Crippen LogP contribution >= 0.6 is 11.6 Å².